The van der Waals surface area contributed by atoms with Crippen LogP contribution in [0.25, 0.3) is 0 Å². The van der Waals surface area contributed by atoms with Crippen molar-refractivity contribution < 1.29 is 13.9 Å². The monoisotopic (exact) mass is 248 g/mol. The zero-order valence-electron chi connectivity index (χ0n) is 9.78. The number of hydrogen-bond donors (Lipinski definition) is 1. The summed E-state index contributed by atoms with van der Waals surface area (Å²) in [6.45, 7) is 1.31. The summed E-state index contributed by atoms with van der Waals surface area (Å²) < 4.78 is 18.6. The van der Waals surface area contributed by atoms with Gasteiger partial charge in [0.2, 0.25) is 0 Å². The third-order valence-corrected chi connectivity index (χ3v) is 2.59. The lowest BCUT2D eigenvalue weighted by Crippen LogP contribution is -2.24. The summed E-state index contributed by atoms with van der Waals surface area (Å²) in [6.07, 6.45) is -0.401. The van der Waals surface area contributed by atoms with Crippen LogP contribution >= 0.6 is 0 Å². The first-order valence-electron chi connectivity index (χ1n) is 5.60. The minimum atomic E-state index is -0.401. The highest BCUT2D eigenvalue weighted by molar-refractivity contribution is 5.69. The lowest BCUT2D eigenvalue weighted by molar-refractivity contribution is 0.157. The molecule has 2 rings (SSSR count). The molecule has 0 saturated carbocycles. The number of benzene rings is 1. The van der Waals surface area contributed by atoms with Gasteiger partial charge in [0.1, 0.15) is 12.4 Å². The zero-order valence-corrected chi connectivity index (χ0v) is 9.78. The molecule has 1 amide bonds. The maximum atomic E-state index is 13.8. The molecule has 18 heavy (non-hydrogen) atoms. The van der Waals surface area contributed by atoms with Crippen LogP contribution < -0.4 is 5.73 Å². The number of nitrogens with zero attached hydrogens (tertiary/aromatic N) is 1. The largest absolute Gasteiger partial charge is 0.448 e. The summed E-state index contributed by atoms with van der Waals surface area (Å²) in [5.74, 6) is 5.04. The summed E-state index contributed by atoms with van der Waals surface area (Å²) in [6, 6.07) is 4.68. The Balaban J connectivity index is 2.12. The van der Waals surface area contributed by atoms with Gasteiger partial charge in [0.25, 0.3) is 0 Å². The van der Waals surface area contributed by atoms with Crippen LogP contribution in [0, 0.1) is 17.7 Å². The number of rotatable bonds is 2. The topological polar surface area (TPSA) is 55.6 Å². The Morgan fingerprint density at radius 1 is 1.50 bits per heavy atom. The Hall–Kier alpha value is -2.06. The molecule has 0 spiro atoms. The van der Waals surface area contributed by atoms with Gasteiger partial charge < -0.3 is 15.4 Å². The van der Waals surface area contributed by atoms with Crippen LogP contribution in [0.1, 0.15) is 11.1 Å². The first-order chi connectivity index (χ1) is 8.70. The summed E-state index contributed by atoms with van der Waals surface area (Å²) >= 11 is 0. The van der Waals surface area contributed by atoms with Gasteiger partial charge >= 0.3 is 6.09 Å². The van der Waals surface area contributed by atoms with Gasteiger partial charge in [-0.05, 0) is 12.1 Å². The molecule has 0 radical (unpaired) electrons. The molecular formula is C13H13FN2O2. The molecule has 5 heteroatoms. The van der Waals surface area contributed by atoms with Crippen molar-refractivity contribution in [2.45, 2.75) is 6.54 Å². The fourth-order valence-electron chi connectivity index (χ4n) is 1.68. The predicted octanol–water partition coefficient (Wildman–Crippen LogP) is 1.09. The van der Waals surface area contributed by atoms with Crippen LogP contribution in [-0.4, -0.2) is 30.7 Å². The molecule has 4 nitrogen and oxygen atoms in total. The number of carbonyl (C=O) groups is 1. The average Bonchev–Trinajstić information content (AvgIpc) is 2.75. The molecule has 0 unspecified atom stereocenters. The lowest BCUT2D eigenvalue weighted by Gasteiger charge is -2.13. The van der Waals surface area contributed by atoms with Crippen LogP contribution in [0.2, 0.25) is 0 Å². The van der Waals surface area contributed by atoms with E-state index in [-0.39, 0.29) is 18.9 Å². The summed E-state index contributed by atoms with van der Waals surface area (Å²) in [7, 11) is 0. The molecule has 0 bridgehead atoms. The molecule has 1 aromatic carbocycles. The van der Waals surface area contributed by atoms with Crippen LogP contribution in [0.4, 0.5) is 9.18 Å². The van der Waals surface area contributed by atoms with Gasteiger partial charge in [-0.15, -0.1) is 0 Å². The van der Waals surface area contributed by atoms with E-state index in [1.54, 1.807) is 12.1 Å². The second kappa shape index (κ2) is 5.52. The Labute approximate surface area is 105 Å². The highest BCUT2D eigenvalue weighted by Crippen LogP contribution is 2.15. The van der Waals surface area contributed by atoms with E-state index in [1.165, 1.54) is 11.0 Å². The van der Waals surface area contributed by atoms with E-state index >= 15 is 0 Å². The fraction of sp³-hybridized carbons (Fsp3) is 0.308. The van der Waals surface area contributed by atoms with Crippen molar-refractivity contribution in [2.75, 3.05) is 19.7 Å². The molecule has 0 aliphatic carbocycles. The van der Waals surface area contributed by atoms with Gasteiger partial charge in [0.15, 0.2) is 0 Å². The standard InChI is InChI=1S/C13H13FN2O2/c14-12-8-10(2-1-5-15)3-4-11(12)9-16-6-7-18-13(16)17/h3-4,8H,5-7,9,15H2. The quantitative estimate of drug-likeness (QED) is 0.797. The molecule has 0 aromatic heterocycles. The third-order valence-electron chi connectivity index (χ3n) is 2.59. The normalized spacial score (nSPS) is 14.1. The van der Waals surface area contributed by atoms with Crippen LogP contribution in [-0.2, 0) is 11.3 Å². The second-order valence-corrected chi connectivity index (χ2v) is 3.85. The van der Waals surface area contributed by atoms with E-state index < -0.39 is 6.09 Å². The van der Waals surface area contributed by atoms with Crippen molar-refractivity contribution in [3.8, 4) is 11.8 Å². The molecule has 1 fully saturated rings. The summed E-state index contributed by atoms with van der Waals surface area (Å²) in [5.41, 5.74) is 6.27. The van der Waals surface area contributed by atoms with E-state index in [2.05, 4.69) is 11.8 Å². The molecule has 1 aliphatic heterocycles. The summed E-state index contributed by atoms with van der Waals surface area (Å²) in [4.78, 5) is 12.7. The average molecular weight is 248 g/mol. The van der Waals surface area contributed by atoms with Crippen molar-refractivity contribution in [3.63, 3.8) is 0 Å². The smallest absolute Gasteiger partial charge is 0.410 e. The van der Waals surface area contributed by atoms with Crippen molar-refractivity contribution >= 4 is 6.09 Å². The van der Waals surface area contributed by atoms with Gasteiger partial charge in [-0.3, -0.25) is 0 Å². The van der Waals surface area contributed by atoms with Crippen LogP contribution in [0.15, 0.2) is 18.2 Å². The van der Waals surface area contributed by atoms with Gasteiger partial charge in [0.05, 0.1) is 19.6 Å². The Morgan fingerprint density at radius 3 is 2.94 bits per heavy atom. The highest BCUT2D eigenvalue weighted by atomic mass is 19.1. The van der Waals surface area contributed by atoms with Gasteiger partial charge in [-0.25, -0.2) is 9.18 Å². The van der Waals surface area contributed by atoms with Gasteiger partial charge in [-0.1, -0.05) is 17.9 Å². The highest BCUT2D eigenvalue weighted by Gasteiger charge is 2.22. The molecule has 1 heterocycles. The first-order valence-corrected chi connectivity index (χ1v) is 5.60. The molecule has 2 N–H and O–H groups in total. The number of amides is 1. The SMILES string of the molecule is NCC#Cc1ccc(CN2CCOC2=O)c(F)c1. The van der Waals surface area contributed by atoms with Gasteiger partial charge in [-0.2, -0.15) is 0 Å². The van der Waals surface area contributed by atoms with Crippen molar-refractivity contribution in [2.24, 2.45) is 5.73 Å². The minimum Gasteiger partial charge on any atom is -0.448 e. The maximum absolute atomic E-state index is 13.8. The third kappa shape index (κ3) is 2.79. The maximum Gasteiger partial charge on any atom is 0.410 e. The number of cyclic esters (lactones) is 1. The van der Waals surface area contributed by atoms with Crippen LogP contribution in [0.3, 0.4) is 0 Å². The number of hydrogen-bond acceptors (Lipinski definition) is 3. The molecule has 1 saturated heterocycles. The first kappa shape index (κ1) is 12.4. The number of ether oxygens (including phenoxy) is 1. The van der Waals surface area contributed by atoms with E-state index in [0.29, 0.717) is 24.3 Å². The molecule has 94 valence electrons. The Kier molecular flexibility index (Phi) is 3.80. The number of nitrogens with two attached hydrogens (primary N) is 1. The minimum absolute atomic E-state index is 0.218. The molecule has 0 atom stereocenters. The van der Waals surface area contributed by atoms with E-state index in [0.717, 1.165) is 0 Å². The van der Waals surface area contributed by atoms with E-state index in [9.17, 15) is 9.18 Å². The van der Waals surface area contributed by atoms with Crippen LogP contribution in [0.5, 0.6) is 0 Å². The molecule has 1 aliphatic rings. The van der Waals surface area contributed by atoms with Gasteiger partial charge in [0, 0.05) is 11.1 Å². The second-order valence-electron chi connectivity index (χ2n) is 3.85. The van der Waals surface area contributed by atoms with E-state index in [4.69, 9.17) is 10.5 Å². The Morgan fingerprint density at radius 2 is 2.33 bits per heavy atom. The lowest BCUT2D eigenvalue weighted by atomic mass is 10.1. The number of halogens is 1. The Bertz CT molecular complexity index is 519. The molecular weight excluding hydrogens is 235 g/mol. The fourth-order valence-corrected chi connectivity index (χ4v) is 1.68. The predicted molar refractivity (Wildman–Crippen MR) is 64.1 cm³/mol. The van der Waals surface area contributed by atoms with Crippen molar-refractivity contribution in [3.05, 3.63) is 35.1 Å². The molecule has 1 aromatic rings. The van der Waals surface area contributed by atoms with E-state index in [1.807, 2.05) is 0 Å². The number of carbonyl (C=O) groups excluding carboxylic acids is 1. The van der Waals surface area contributed by atoms with Crippen molar-refractivity contribution in [1.29, 1.82) is 0 Å². The van der Waals surface area contributed by atoms with Crippen molar-refractivity contribution in [1.82, 2.24) is 4.90 Å². The zero-order chi connectivity index (χ0) is 13.0. The summed E-state index contributed by atoms with van der Waals surface area (Å²) in [5, 5.41) is 0.